The molecule has 0 aliphatic carbocycles. The fourth-order valence-corrected chi connectivity index (χ4v) is 1.89. The molecule has 0 spiro atoms. The molecule has 0 aromatic heterocycles. The number of hydrogen-bond donors (Lipinski definition) is 3. The number of carbonyl (C=O) groups excluding carboxylic acids is 2. The first-order valence-electron chi connectivity index (χ1n) is 7.40. The van der Waals surface area contributed by atoms with Crippen molar-refractivity contribution in [1.29, 1.82) is 0 Å². The van der Waals surface area contributed by atoms with Gasteiger partial charge in [0.1, 0.15) is 0 Å². The molecule has 0 bridgehead atoms. The molecule has 5 nitrogen and oxygen atoms in total. The number of amides is 2. The Morgan fingerprint density at radius 2 is 1.81 bits per heavy atom. The number of nitrogens with one attached hydrogen (secondary N) is 2. The number of rotatable bonds is 7. The lowest BCUT2D eigenvalue weighted by Gasteiger charge is -2.17. The van der Waals surface area contributed by atoms with E-state index in [4.69, 9.17) is 5.73 Å². The van der Waals surface area contributed by atoms with Crippen molar-refractivity contribution in [2.75, 3.05) is 11.9 Å². The Balaban J connectivity index is 2.58. The van der Waals surface area contributed by atoms with Gasteiger partial charge in [0.05, 0.1) is 12.5 Å². The maximum Gasteiger partial charge on any atom is 0.241 e. The van der Waals surface area contributed by atoms with Crippen LogP contribution in [0, 0.1) is 5.92 Å². The third-order valence-electron chi connectivity index (χ3n) is 3.52. The van der Waals surface area contributed by atoms with Gasteiger partial charge in [0.2, 0.25) is 11.8 Å². The minimum absolute atomic E-state index is 0.00641. The van der Waals surface area contributed by atoms with Gasteiger partial charge < -0.3 is 16.4 Å². The molecule has 116 valence electrons. The molecule has 1 aromatic rings. The minimum atomic E-state index is -0.509. The Labute approximate surface area is 126 Å². The zero-order valence-corrected chi connectivity index (χ0v) is 13.0. The third kappa shape index (κ3) is 5.55. The van der Waals surface area contributed by atoms with Crippen molar-refractivity contribution in [3.05, 3.63) is 29.8 Å². The number of carbonyl (C=O) groups is 2. The highest BCUT2D eigenvalue weighted by molar-refractivity contribution is 5.94. The summed E-state index contributed by atoms with van der Waals surface area (Å²) < 4.78 is 0. The van der Waals surface area contributed by atoms with Gasteiger partial charge in [-0.3, -0.25) is 9.59 Å². The standard InChI is InChI=1S/C16H25N3O2/c1-4-11(3)15(17)16(21)19-13-8-6-12(7-9-13)10-14(20)18-5-2/h6-9,11,15H,4-5,10,17H2,1-3H3,(H,18,20)(H,19,21)/t11?,15-/m0/s1. The molecule has 1 aromatic carbocycles. The quantitative estimate of drug-likeness (QED) is 0.714. The van der Waals surface area contributed by atoms with Gasteiger partial charge in [0.25, 0.3) is 0 Å². The van der Waals surface area contributed by atoms with Gasteiger partial charge in [0.15, 0.2) is 0 Å². The molecule has 2 amide bonds. The number of anilines is 1. The van der Waals surface area contributed by atoms with E-state index in [-0.39, 0.29) is 17.7 Å². The Morgan fingerprint density at radius 1 is 1.19 bits per heavy atom. The van der Waals surface area contributed by atoms with Crippen molar-refractivity contribution in [1.82, 2.24) is 5.32 Å². The molecule has 0 fully saturated rings. The second-order valence-electron chi connectivity index (χ2n) is 5.23. The van der Waals surface area contributed by atoms with Crippen molar-refractivity contribution < 1.29 is 9.59 Å². The van der Waals surface area contributed by atoms with Gasteiger partial charge in [-0.15, -0.1) is 0 Å². The van der Waals surface area contributed by atoms with Crippen LogP contribution in [0.25, 0.3) is 0 Å². The molecule has 5 heteroatoms. The van der Waals surface area contributed by atoms with Gasteiger partial charge in [-0.05, 0) is 30.5 Å². The first kappa shape index (κ1) is 17.2. The normalized spacial score (nSPS) is 13.3. The number of benzene rings is 1. The summed E-state index contributed by atoms with van der Waals surface area (Å²) in [6.45, 7) is 6.48. The van der Waals surface area contributed by atoms with Crippen LogP contribution in [0.4, 0.5) is 5.69 Å². The van der Waals surface area contributed by atoms with Crippen molar-refractivity contribution in [3.8, 4) is 0 Å². The summed E-state index contributed by atoms with van der Waals surface area (Å²) in [6, 6.07) is 6.73. The topological polar surface area (TPSA) is 84.2 Å². The predicted octanol–water partition coefficient (Wildman–Crippen LogP) is 1.68. The van der Waals surface area contributed by atoms with Crippen LogP contribution in [0.3, 0.4) is 0 Å². The summed E-state index contributed by atoms with van der Waals surface area (Å²) in [6.07, 6.45) is 1.20. The number of hydrogen-bond acceptors (Lipinski definition) is 3. The maximum atomic E-state index is 12.0. The van der Waals surface area contributed by atoms with Gasteiger partial charge in [-0.2, -0.15) is 0 Å². The Hall–Kier alpha value is -1.88. The van der Waals surface area contributed by atoms with E-state index in [0.717, 1.165) is 12.0 Å². The molecule has 2 atom stereocenters. The highest BCUT2D eigenvalue weighted by Crippen LogP contribution is 2.12. The zero-order valence-electron chi connectivity index (χ0n) is 13.0. The molecular weight excluding hydrogens is 266 g/mol. The lowest BCUT2D eigenvalue weighted by Crippen LogP contribution is -2.40. The van der Waals surface area contributed by atoms with Gasteiger partial charge in [-0.1, -0.05) is 32.4 Å². The average molecular weight is 291 g/mol. The van der Waals surface area contributed by atoms with Crippen molar-refractivity contribution in [2.45, 2.75) is 39.7 Å². The summed E-state index contributed by atoms with van der Waals surface area (Å²) in [4.78, 5) is 23.4. The molecule has 21 heavy (non-hydrogen) atoms. The monoisotopic (exact) mass is 291 g/mol. The van der Waals surface area contributed by atoms with E-state index in [0.29, 0.717) is 18.7 Å². The van der Waals surface area contributed by atoms with E-state index in [1.807, 2.05) is 32.9 Å². The fraction of sp³-hybridized carbons (Fsp3) is 0.500. The molecule has 1 rings (SSSR count). The lowest BCUT2D eigenvalue weighted by molar-refractivity contribution is -0.120. The van der Waals surface area contributed by atoms with E-state index >= 15 is 0 Å². The molecule has 0 saturated heterocycles. The zero-order chi connectivity index (χ0) is 15.8. The van der Waals surface area contributed by atoms with E-state index < -0.39 is 6.04 Å². The summed E-state index contributed by atoms with van der Waals surface area (Å²) in [5.74, 6) is -0.0454. The van der Waals surface area contributed by atoms with Crippen LogP contribution >= 0.6 is 0 Å². The Morgan fingerprint density at radius 3 is 2.33 bits per heavy atom. The predicted molar refractivity (Wildman–Crippen MR) is 84.9 cm³/mol. The highest BCUT2D eigenvalue weighted by Gasteiger charge is 2.19. The van der Waals surface area contributed by atoms with Gasteiger partial charge >= 0.3 is 0 Å². The summed E-state index contributed by atoms with van der Waals surface area (Å²) >= 11 is 0. The first-order valence-corrected chi connectivity index (χ1v) is 7.40. The molecule has 0 aliphatic heterocycles. The largest absolute Gasteiger partial charge is 0.356 e. The third-order valence-corrected chi connectivity index (χ3v) is 3.52. The van der Waals surface area contributed by atoms with E-state index in [2.05, 4.69) is 10.6 Å². The van der Waals surface area contributed by atoms with Crippen LogP contribution in [0.5, 0.6) is 0 Å². The average Bonchev–Trinajstić information content (AvgIpc) is 2.47. The Kier molecular flexibility index (Phi) is 6.88. The molecule has 0 heterocycles. The summed E-state index contributed by atoms with van der Waals surface area (Å²) in [7, 11) is 0. The SMILES string of the molecule is CCNC(=O)Cc1ccc(NC(=O)[C@@H](N)C(C)CC)cc1. The van der Waals surface area contributed by atoms with Crippen molar-refractivity contribution in [2.24, 2.45) is 11.7 Å². The second kappa shape index (κ2) is 8.42. The Bertz CT molecular complexity index is 471. The van der Waals surface area contributed by atoms with Crippen LogP contribution in [0.2, 0.25) is 0 Å². The van der Waals surface area contributed by atoms with Gasteiger partial charge in [0, 0.05) is 12.2 Å². The molecule has 4 N–H and O–H groups in total. The first-order chi connectivity index (χ1) is 9.97. The minimum Gasteiger partial charge on any atom is -0.356 e. The molecular formula is C16H25N3O2. The van der Waals surface area contributed by atoms with Crippen molar-refractivity contribution >= 4 is 17.5 Å². The van der Waals surface area contributed by atoms with Crippen LogP contribution in [-0.4, -0.2) is 24.4 Å². The summed E-state index contributed by atoms with van der Waals surface area (Å²) in [5.41, 5.74) is 7.48. The molecule has 1 unspecified atom stereocenters. The fourth-order valence-electron chi connectivity index (χ4n) is 1.89. The summed E-state index contributed by atoms with van der Waals surface area (Å²) in [5, 5.41) is 5.55. The second-order valence-corrected chi connectivity index (χ2v) is 5.23. The van der Waals surface area contributed by atoms with Crippen LogP contribution in [-0.2, 0) is 16.0 Å². The van der Waals surface area contributed by atoms with E-state index in [1.165, 1.54) is 0 Å². The smallest absolute Gasteiger partial charge is 0.241 e. The van der Waals surface area contributed by atoms with Crippen LogP contribution in [0.1, 0.15) is 32.8 Å². The number of likely N-dealkylation sites (N-methyl/N-ethyl adjacent to an activating group) is 1. The number of nitrogens with two attached hydrogens (primary N) is 1. The van der Waals surface area contributed by atoms with Crippen LogP contribution in [0.15, 0.2) is 24.3 Å². The van der Waals surface area contributed by atoms with E-state index in [1.54, 1.807) is 12.1 Å². The van der Waals surface area contributed by atoms with Crippen molar-refractivity contribution in [3.63, 3.8) is 0 Å². The van der Waals surface area contributed by atoms with Crippen LogP contribution < -0.4 is 16.4 Å². The van der Waals surface area contributed by atoms with E-state index in [9.17, 15) is 9.59 Å². The maximum absolute atomic E-state index is 12.0. The van der Waals surface area contributed by atoms with Gasteiger partial charge in [-0.25, -0.2) is 0 Å². The lowest BCUT2D eigenvalue weighted by atomic mass is 9.99. The molecule has 0 radical (unpaired) electrons. The molecule has 0 aliphatic rings. The molecule has 0 saturated carbocycles. The highest BCUT2D eigenvalue weighted by atomic mass is 16.2.